The Balaban J connectivity index is 2.46. The largest absolute Gasteiger partial charge is 0.455 e. The molecule has 0 radical (unpaired) electrons. The molecule has 2 aromatic rings. The third-order valence-corrected chi connectivity index (χ3v) is 3.01. The Hall–Kier alpha value is -2.64. The van der Waals surface area contributed by atoms with Crippen LogP contribution in [0.25, 0.3) is 0 Å². The van der Waals surface area contributed by atoms with E-state index in [0.29, 0.717) is 0 Å². The minimum absolute atomic E-state index is 0.762. The molecule has 1 heteroatoms. The molecule has 0 spiro atoms. The first-order valence-corrected chi connectivity index (χ1v) is 6.88. The molecule has 0 aliphatic heterocycles. The van der Waals surface area contributed by atoms with E-state index in [1.807, 2.05) is 64.1 Å². The quantitative estimate of drug-likeness (QED) is 0.712. The standard InChI is InChI=1S/C20H18O/c1-5-7-17-13-15(3)9-11-19(17)21-20-12-10-16(4)14-18(20)8-6-2/h9-14H,1-4H3. The third kappa shape index (κ3) is 3.68. The SMILES string of the molecule is CC#Cc1cc(C)ccc1Oc1ccc(C)cc1C#CC. The van der Waals surface area contributed by atoms with Gasteiger partial charge in [-0.1, -0.05) is 24.0 Å². The second-order valence-corrected chi connectivity index (χ2v) is 4.85. The fourth-order valence-electron chi connectivity index (χ4n) is 2.05. The van der Waals surface area contributed by atoms with Crippen molar-refractivity contribution in [3.05, 3.63) is 58.7 Å². The van der Waals surface area contributed by atoms with E-state index in [0.717, 1.165) is 33.8 Å². The summed E-state index contributed by atoms with van der Waals surface area (Å²) in [6.45, 7) is 7.74. The molecule has 0 amide bonds. The van der Waals surface area contributed by atoms with Crippen molar-refractivity contribution in [2.24, 2.45) is 0 Å². The van der Waals surface area contributed by atoms with Crippen LogP contribution >= 0.6 is 0 Å². The number of benzene rings is 2. The van der Waals surface area contributed by atoms with Gasteiger partial charge in [0, 0.05) is 0 Å². The lowest BCUT2D eigenvalue weighted by Crippen LogP contribution is -1.92. The molecule has 0 bridgehead atoms. The minimum atomic E-state index is 0.762. The summed E-state index contributed by atoms with van der Waals surface area (Å²) >= 11 is 0. The highest BCUT2D eigenvalue weighted by molar-refractivity contribution is 5.53. The van der Waals surface area contributed by atoms with Gasteiger partial charge in [-0.05, 0) is 63.1 Å². The predicted molar refractivity (Wildman–Crippen MR) is 87.5 cm³/mol. The van der Waals surface area contributed by atoms with E-state index in [-0.39, 0.29) is 0 Å². The van der Waals surface area contributed by atoms with Crippen LogP contribution in [0.2, 0.25) is 0 Å². The fraction of sp³-hybridized carbons (Fsp3) is 0.200. The van der Waals surface area contributed by atoms with E-state index < -0.39 is 0 Å². The zero-order valence-corrected chi connectivity index (χ0v) is 12.9. The summed E-state index contributed by atoms with van der Waals surface area (Å²) in [4.78, 5) is 0. The lowest BCUT2D eigenvalue weighted by atomic mass is 10.1. The lowest BCUT2D eigenvalue weighted by Gasteiger charge is -2.11. The molecule has 0 aliphatic carbocycles. The van der Waals surface area contributed by atoms with Gasteiger partial charge in [-0.25, -0.2) is 0 Å². The normalized spacial score (nSPS) is 9.14. The van der Waals surface area contributed by atoms with Crippen LogP contribution in [0.4, 0.5) is 0 Å². The maximum Gasteiger partial charge on any atom is 0.143 e. The van der Waals surface area contributed by atoms with Gasteiger partial charge in [0.25, 0.3) is 0 Å². The molecule has 0 heterocycles. The van der Waals surface area contributed by atoms with E-state index in [1.165, 1.54) is 0 Å². The number of hydrogen-bond donors (Lipinski definition) is 0. The molecule has 0 aromatic heterocycles. The smallest absolute Gasteiger partial charge is 0.143 e. The monoisotopic (exact) mass is 274 g/mol. The van der Waals surface area contributed by atoms with Crippen molar-refractivity contribution < 1.29 is 4.74 Å². The van der Waals surface area contributed by atoms with Gasteiger partial charge in [-0.15, -0.1) is 11.8 Å². The summed E-state index contributed by atoms with van der Waals surface area (Å²) in [5, 5.41) is 0. The van der Waals surface area contributed by atoms with E-state index in [2.05, 4.69) is 23.7 Å². The highest BCUT2D eigenvalue weighted by Crippen LogP contribution is 2.29. The molecule has 0 aliphatic rings. The minimum Gasteiger partial charge on any atom is -0.455 e. The molecular formula is C20H18O. The van der Waals surface area contributed by atoms with Crippen LogP contribution < -0.4 is 4.74 Å². The second kappa shape index (κ2) is 6.69. The molecule has 21 heavy (non-hydrogen) atoms. The van der Waals surface area contributed by atoms with Crippen molar-refractivity contribution in [2.45, 2.75) is 27.7 Å². The summed E-state index contributed by atoms with van der Waals surface area (Å²) in [6, 6.07) is 12.0. The lowest BCUT2D eigenvalue weighted by molar-refractivity contribution is 0.479. The molecule has 0 fully saturated rings. The molecule has 0 saturated heterocycles. The van der Waals surface area contributed by atoms with Gasteiger partial charge in [0.15, 0.2) is 0 Å². The molecule has 0 unspecified atom stereocenters. The van der Waals surface area contributed by atoms with Gasteiger partial charge in [-0.2, -0.15) is 0 Å². The first-order chi connectivity index (χ1) is 10.1. The number of ether oxygens (including phenoxy) is 1. The Labute approximate surface area is 127 Å². The van der Waals surface area contributed by atoms with Gasteiger partial charge in [0.1, 0.15) is 11.5 Å². The summed E-state index contributed by atoms with van der Waals surface area (Å²) in [7, 11) is 0. The van der Waals surface area contributed by atoms with Gasteiger partial charge in [0.05, 0.1) is 11.1 Å². The zero-order valence-electron chi connectivity index (χ0n) is 12.9. The zero-order chi connectivity index (χ0) is 15.2. The first-order valence-electron chi connectivity index (χ1n) is 6.88. The van der Waals surface area contributed by atoms with Crippen molar-refractivity contribution in [2.75, 3.05) is 0 Å². The molecule has 0 atom stereocenters. The summed E-state index contributed by atoms with van der Waals surface area (Å²) in [5.74, 6) is 13.6. The maximum atomic E-state index is 6.05. The van der Waals surface area contributed by atoms with Crippen molar-refractivity contribution >= 4 is 0 Å². The Bertz CT molecular complexity index is 709. The summed E-state index contributed by atoms with van der Waals surface area (Å²) < 4.78 is 6.05. The molecule has 2 aromatic carbocycles. The Morgan fingerprint density at radius 3 is 1.52 bits per heavy atom. The predicted octanol–water partition coefficient (Wildman–Crippen LogP) is 4.84. The van der Waals surface area contributed by atoms with E-state index >= 15 is 0 Å². The van der Waals surface area contributed by atoms with E-state index in [4.69, 9.17) is 4.74 Å². The van der Waals surface area contributed by atoms with Gasteiger partial charge < -0.3 is 4.74 Å². The van der Waals surface area contributed by atoms with Crippen molar-refractivity contribution in [3.63, 3.8) is 0 Å². The Morgan fingerprint density at radius 2 is 1.14 bits per heavy atom. The molecule has 104 valence electrons. The number of hydrogen-bond acceptors (Lipinski definition) is 1. The van der Waals surface area contributed by atoms with Crippen LogP contribution in [-0.4, -0.2) is 0 Å². The van der Waals surface area contributed by atoms with Crippen LogP contribution in [0.3, 0.4) is 0 Å². The highest BCUT2D eigenvalue weighted by atomic mass is 16.5. The van der Waals surface area contributed by atoms with Gasteiger partial charge in [-0.3, -0.25) is 0 Å². The van der Waals surface area contributed by atoms with Crippen LogP contribution in [0.1, 0.15) is 36.1 Å². The van der Waals surface area contributed by atoms with E-state index in [9.17, 15) is 0 Å². The van der Waals surface area contributed by atoms with Gasteiger partial charge in [0.2, 0.25) is 0 Å². The molecule has 2 rings (SSSR count). The maximum absolute atomic E-state index is 6.05. The molecule has 0 saturated carbocycles. The van der Waals surface area contributed by atoms with Crippen molar-refractivity contribution in [1.82, 2.24) is 0 Å². The molecule has 0 N–H and O–H groups in total. The number of rotatable bonds is 2. The highest BCUT2D eigenvalue weighted by Gasteiger charge is 2.07. The number of aryl methyl sites for hydroxylation is 2. The van der Waals surface area contributed by atoms with Crippen molar-refractivity contribution in [3.8, 4) is 35.2 Å². The van der Waals surface area contributed by atoms with E-state index in [1.54, 1.807) is 0 Å². The van der Waals surface area contributed by atoms with Crippen LogP contribution in [0, 0.1) is 37.5 Å². The Morgan fingerprint density at radius 1 is 0.714 bits per heavy atom. The van der Waals surface area contributed by atoms with Crippen LogP contribution in [-0.2, 0) is 0 Å². The fourth-order valence-corrected chi connectivity index (χ4v) is 2.05. The topological polar surface area (TPSA) is 9.23 Å². The summed E-state index contributed by atoms with van der Waals surface area (Å²) in [5.41, 5.74) is 4.12. The Kier molecular flexibility index (Phi) is 4.70. The average molecular weight is 274 g/mol. The molecular weight excluding hydrogens is 256 g/mol. The third-order valence-electron chi connectivity index (χ3n) is 3.01. The second-order valence-electron chi connectivity index (χ2n) is 4.85. The molecule has 1 nitrogen and oxygen atoms in total. The van der Waals surface area contributed by atoms with Crippen LogP contribution in [0.15, 0.2) is 36.4 Å². The summed E-state index contributed by atoms with van der Waals surface area (Å²) in [6.07, 6.45) is 0. The average Bonchev–Trinajstić information content (AvgIpc) is 2.45. The van der Waals surface area contributed by atoms with Gasteiger partial charge >= 0.3 is 0 Å². The van der Waals surface area contributed by atoms with Crippen LogP contribution in [0.5, 0.6) is 11.5 Å². The van der Waals surface area contributed by atoms with Crippen molar-refractivity contribution in [1.29, 1.82) is 0 Å². The first kappa shape index (κ1) is 14.8.